The Morgan fingerprint density at radius 2 is 2.24 bits per heavy atom. The van der Waals surface area contributed by atoms with E-state index in [1.165, 1.54) is 0 Å². The predicted octanol–water partition coefficient (Wildman–Crippen LogP) is 2.23. The van der Waals surface area contributed by atoms with Gasteiger partial charge in [-0.05, 0) is 31.0 Å². The molecule has 1 aliphatic rings. The van der Waals surface area contributed by atoms with E-state index in [-0.39, 0.29) is 18.1 Å². The smallest absolute Gasteiger partial charge is 0.319 e. The summed E-state index contributed by atoms with van der Waals surface area (Å²) in [5.74, 6) is 0. The van der Waals surface area contributed by atoms with Crippen molar-refractivity contribution in [3.63, 3.8) is 0 Å². The fourth-order valence-electron chi connectivity index (χ4n) is 1.58. The van der Waals surface area contributed by atoms with Crippen molar-refractivity contribution in [1.82, 2.24) is 5.32 Å². The van der Waals surface area contributed by atoms with E-state index >= 15 is 0 Å². The molecule has 0 radical (unpaired) electrons. The Hall–Kier alpha value is -1.26. The summed E-state index contributed by atoms with van der Waals surface area (Å²) < 4.78 is 0. The van der Waals surface area contributed by atoms with Crippen molar-refractivity contribution in [3.8, 4) is 0 Å². The van der Waals surface area contributed by atoms with Crippen molar-refractivity contribution in [2.75, 3.05) is 18.5 Å². The molecule has 3 N–H and O–H groups in total. The Balaban J connectivity index is 1.81. The zero-order chi connectivity index (χ0) is 12.3. The lowest BCUT2D eigenvalue weighted by Crippen LogP contribution is -2.35. The summed E-state index contributed by atoms with van der Waals surface area (Å²) in [5.41, 5.74) is 0.579. The van der Waals surface area contributed by atoms with Gasteiger partial charge in [-0.15, -0.1) is 0 Å². The number of urea groups is 1. The van der Waals surface area contributed by atoms with Crippen LogP contribution in [0.5, 0.6) is 0 Å². The first kappa shape index (κ1) is 12.2. The number of benzene rings is 1. The van der Waals surface area contributed by atoms with Gasteiger partial charge >= 0.3 is 6.03 Å². The number of carbonyl (C=O) groups is 1. The summed E-state index contributed by atoms with van der Waals surface area (Å²) in [4.78, 5) is 11.6. The van der Waals surface area contributed by atoms with Crippen LogP contribution >= 0.6 is 11.6 Å². The quantitative estimate of drug-likeness (QED) is 0.772. The van der Waals surface area contributed by atoms with Gasteiger partial charge in [0.2, 0.25) is 0 Å². The molecule has 92 valence electrons. The van der Waals surface area contributed by atoms with Crippen LogP contribution in [0.25, 0.3) is 0 Å². The summed E-state index contributed by atoms with van der Waals surface area (Å²) in [6.07, 6.45) is 1.95. The van der Waals surface area contributed by atoms with E-state index in [4.69, 9.17) is 16.7 Å². The second-order valence-corrected chi connectivity index (χ2v) is 4.91. The van der Waals surface area contributed by atoms with Gasteiger partial charge in [-0.1, -0.05) is 17.7 Å². The number of nitrogens with one attached hydrogen (secondary N) is 2. The zero-order valence-corrected chi connectivity index (χ0v) is 10.1. The molecule has 1 aromatic carbocycles. The van der Waals surface area contributed by atoms with Gasteiger partial charge in [-0.2, -0.15) is 0 Å². The Kier molecular flexibility index (Phi) is 3.54. The lowest BCUT2D eigenvalue weighted by Gasteiger charge is -2.13. The van der Waals surface area contributed by atoms with Crippen molar-refractivity contribution in [1.29, 1.82) is 0 Å². The molecule has 0 unspecified atom stereocenters. The highest BCUT2D eigenvalue weighted by molar-refractivity contribution is 6.30. The van der Waals surface area contributed by atoms with Gasteiger partial charge in [0.15, 0.2) is 0 Å². The monoisotopic (exact) mass is 254 g/mol. The minimum absolute atomic E-state index is 0.0777. The summed E-state index contributed by atoms with van der Waals surface area (Å²) in [7, 11) is 0. The minimum Gasteiger partial charge on any atom is -0.396 e. The average Bonchev–Trinajstić information content (AvgIpc) is 3.07. The standard InChI is InChI=1S/C12H15ClN2O2/c13-9-2-1-3-10(6-9)15-11(17)14-7-12(8-16)4-5-12/h1-3,6,16H,4-5,7-8H2,(H2,14,15,17). The van der Waals surface area contributed by atoms with Crippen molar-refractivity contribution in [2.24, 2.45) is 5.41 Å². The van der Waals surface area contributed by atoms with Crippen LogP contribution in [0, 0.1) is 5.41 Å². The molecule has 5 heteroatoms. The first-order valence-electron chi connectivity index (χ1n) is 5.55. The van der Waals surface area contributed by atoms with Crippen LogP contribution in [0.4, 0.5) is 10.5 Å². The number of hydrogen-bond acceptors (Lipinski definition) is 2. The summed E-state index contributed by atoms with van der Waals surface area (Å²) >= 11 is 5.81. The summed E-state index contributed by atoms with van der Waals surface area (Å²) in [5, 5.41) is 15.1. The molecule has 2 rings (SSSR count). The maximum Gasteiger partial charge on any atom is 0.319 e. The molecule has 0 saturated heterocycles. The van der Waals surface area contributed by atoms with Gasteiger partial charge in [0.25, 0.3) is 0 Å². The van der Waals surface area contributed by atoms with Crippen LogP contribution in [0.15, 0.2) is 24.3 Å². The summed E-state index contributed by atoms with van der Waals surface area (Å²) in [6.45, 7) is 0.639. The van der Waals surface area contributed by atoms with Crippen LogP contribution in [0.2, 0.25) is 5.02 Å². The Morgan fingerprint density at radius 1 is 1.47 bits per heavy atom. The lowest BCUT2D eigenvalue weighted by molar-refractivity contribution is 0.206. The predicted molar refractivity (Wildman–Crippen MR) is 67.2 cm³/mol. The molecule has 1 aromatic rings. The van der Waals surface area contributed by atoms with E-state index < -0.39 is 0 Å². The molecule has 0 heterocycles. The van der Waals surface area contributed by atoms with E-state index in [0.717, 1.165) is 12.8 Å². The number of anilines is 1. The van der Waals surface area contributed by atoms with Gasteiger partial charge in [-0.25, -0.2) is 4.79 Å². The second kappa shape index (κ2) is 4.94. The molecule has 1 fully saturated rings. The Morgan fingerprint density at radius 3 is 2.82 bits per heavy atom. The zero-order valence-electron chi connectivity index (χ0n) is 9.37. The largest absolute Gasteiger partial charge is 0.396 e. The Labute approximate surface area is 105 Å². The third-order valence-corrected chi connectivity index (χ3v) is 3.23. The second-order valence-electron chi connectivity index (χ2n) is 4.48. The first-order chi connectivity index (χ1) is 8.13. The van der Waals surface area contributed by atoms with E-state index in [9.17, 15) is 4.79 Å². The number of rotatable bonds is 4. The topological polar surface area (TPSA) is 61.4 Å². The van der Waals surface area contributed by atoms with Gasteiger partial charge in [-0.3, -0.25) is 0 Å². The maximum atomic E-state index is 11.6. The normalized spacial score (nSPS) is 16.4. The molecule has 17 heavy (non-hydrogen) atoms. The van der Waals surface area contributed by atoms with E-state index in [1.807, 2.05) is 0 Å². The number of amides is 2. The number of halogens is 1. The average molecular weight is 255 g/mol. The van der Waals surface area contributed by atoms with Gasteiger partial charge in [0.05, 0.1) is 6.61 Å². The minimum atomic E-state index is -0.271. The number of carbonyl (C=O) groups excluding carboxylic acids is 1. The fraction of sp³-hybridized carbons (Fsp3) is 0.417. The van der Waals surface area contributed by atoms with Crippen molar-refractivity contribution in [3.05, 3.63) is 29.3 Å². The molecule has 0 aromatic heterocycles. The first-order valence-corrected chi connectivity index (χ1v) is 5.93. The van der Waals surface area contributed by atoms with E-state index in [0.29, 0.717) is 17.3 Å². The molecule has 4 nitrogen and oxygen atoms in total. The molecular formula is C12H15ClN2O2. The molecule has 0 spiro atoms. The highest BCUT2D eigenvalue weighted by Gasteiger charge is 2.42. The number of aliphatic hydroxyl groups excluding tert-OH is 1. The van der Waals surface area contributed by atoms with Crippen LogP contribution in [0.3, 0.4) is 0 Å². The van der Waals surface area contributed by atoms with E-state index in [2.05, 4.69) is 10.6 Å². The van der Waals surface area contributed by atoms with Gasteiger partial charge < -0.3 is 15.7 Å². The van der Waals surface area contributed by atoms with Crippen molar-refractivity contribution >= 4 is 23.3 Å². The number of hydrogen-bond donors (Lipinski definition) is 3. The van der Waals surface area contributed by atoms with Crippen LogP contribution < -0.4 is 10.6 Å². The van der Waals surface area contributed by atoms with Crippen molar-refractivity contribution in [2.45, 2.75) is 12.8 Å². The summed E-state index contributed by atoms with van der Waals surface area (Å²) in [6, 6.07) is 6.70. The third-order valence-electron chi connectivity index (χ3n) is 3.00. The number of aliphatic hydroxyl groups is 1. The fourth-order valence-corrected chi connectivity index (χ4v) is 1.77. The molecule has 1 saturated carbocycles. The molecule has 1 aliphatic carbocycles. The maximum absolute atomic E-state index is 11.6. The molecule has 0 bridgehead atoms. The van der Waals surface area contributed by atoms with Gasteiger partial charge in [0.1, 0.15) is 0 Å². The third kappa shape index (κ3) is 3.35. The van der Waals surface area contributed by atoms with Crippen LogP contribution in [0.1, 0.15) is 12.8 Å². The highest BCUT2D eigenvalue weighted by atomic mass is 35.5. The van der Waals surface area contributed by atoms with Crippen LogP contribution in [-0.2, 0) is 0 Å². The van der Waals surface area contributed by atoms with Crippen LogP contribution in [-0.4, -0.2) is 24.3 Å². The lowest BCUT2D eigenvalue weighted by atomic mass is 10.1. The Bertz CT molecular complexity index is 419. The van der Waals surface area contributed by atoms with Crippen molar-refractivity contribution < 1.29 is 9.90 Å². The highest BCUT2D eigenvalue weighted by Crippen LogP contribution is 2.44. The molecular weight excluding hydrogens is 240 g/mol. The molecule has 0 atom stereocenters. The SMILES string of the molecule is O=C(NCC1(CO)CC1)Nc1cccc(Cl)c1. The van der Waals surface area contributed by atoms with Gasteiger partial charge in [0, 0.05) is 22.7 Å². The molecule has 0 aliphatic heterocycles. The van der Waals surface area contributed by atoms with E-state index in [1.54, 1.807) is 24.3 Å². The molecule has 2 amide bonds.